The first-order valence-electron chi connectivity index (χ1n) is 13.2. The van der Waals surface area contributed by atoms with Gasteiger partial charge in [-0.15, -0.1) is 0 Å². The van der Waals surface area contributed by atoms with Crippen LogP contribution in [0.1, 0.15) is 80.1 Å². The lowest BCUT2D eigenvalue weighted by molar-refractivity contribution is 0.0914. The number of fused-ring (bicyclic) bond motifs is 1. The van der Waals surface area contributed by atoms with E-state index in [4.69, 9.17) is 16.3 Å². The first kappa shape index (κ1) is 27.8. The predicted octanol–water partition coefficient (Wildman–Crippen LogP) is 4.69. The second-order valence-corrected chi connectivity index (χ2v) is 10.7. The van der Waals surface area contributed by atoms with Crippen molar-refractivity contribution >= 4 is 23.5 Å². The molecule has 1 saturated carbocycles. The molecule has 35 heavy (non-hydrogen) atoms. The Balaban J connectivity index is 1.64. The molecule has 0 spiro atoms. The van der Waals surface area contributed by atoms with Crippen LogP contribution >= 0.6 is 11.6 Å². The van der Waals surface area contributed by atoms with Crippen LogP contribution in [0.25, 0.3) is 0 Å². The predicted molar refractivity (Wildman–Crippen MR) is 141 cm³/mol. The molecule has 3 amide bonds. The number of halogens is 1. The van der Waals surface area contributed by atoms with Crippen LogP contribution in [0.5, 0.6) is 0 Å². The van der Waals surface area contributed by atoms with E-state index in [1.807, 2.05) is 20.2 Å². The van der Waals surface area contributed by atoms with Gasteiger partial charge in [0.1, 0.15) is 0 Å². The van der Waals surface area contributed by atoms with Gasteiger partial charge in [-0.1, -0.05) is 43.7 Å². The van der Waals surface area contributed by atoms with Crippen LogP contribution in [0.2, 0.25) is 5.02 Å². The summed E-state index contributed by atoms with van der Waals surface area (Å²) < 4.78 is 5.22. The van der Waals surface area contributed by atoms with Gasteiger partial charge in [0.05, 0.1) is 5.54 Å². The van der Waals surface area contributed by atoms with Crippen molar-refractivity contribution in [1.82, 2.24) is 20.9 Å². The monoisotopic (exact) mass is 506 g/mol. The van der Waals surface area contributed by atoms with Crippen molar-refractivity contribution in [2.75, 3.05) is 40.9 Å². The lowest BCUT2D eigenvalue weighted by Crippen LogP contribution is -2.49. The van der Waals surface area contributed by atoms with Crippen LogP contribution in [-0.4, -0.2) is 63.8 Å². The average Bonchev–Trinajstić information content (AvgIpc) is 3.12. The largest absolute Gasteiger partial charge is 0.385 e. The number of rotatable bonds is 13. The van der Waals surface area contributed by atoms with Crippen molar-refractivity contribution in [3.05, 3.63) is 34.3 Å². The molecule has 196 valence electrons. The van der Waals surface area contributed by atoms with Gasteiger partial charge in [-0.2, -0.15) is 0 Å². The molecular formula is C27H43ClN4O3. The number of urea groups is 1. The number of hydrogen-bond acceptors (Lipinski definition) is 4. The van der Waals surface area contributed by atoms with Crippen molar-refractivity contribution in [3.63, 3.8) is 0 Å². The molecule has 7 nitrogen and oxygen atoms in total. The van der Waals surface area contributed by atoms with Gasteiger partial charge in [0, 0.05) is 50.5 Å². The number of likely N-dealkylation sites (N-methyl/N-ethyl adjacent to an activating group) is 1. The summed E-state index contributed by atoms with van der Waals surface area (Å²) in [7, 11) is 5.47. The minimum absolute atomic E-state index is 0.0637. The van der Waals surface area contributed by atoms with Gasteiger partial charge in [-0.05, 0) is 68.8 Å². The fourth-order valence-corrected chi connectivity index (χ4v) is 5.84. The Morgan fingerprint density at radius 1 is 1.26 bits per heavy atom. The standard InChI is InChI=1S/C27H43ClN4O3/c1-29-19-22(17-20-9-5-4-6-10-20)30-26(34)32(2)15-14-27(13-7-8-16-35-3)24-18-21(28)11-12-23(24)25(33)31-27/h11-12,18,20,22,29H,4-10,13-17,19H2,1-3H3,(H,30,34)(H,31,33). The van der Waals surface area contributed by atoms with E-state index in [9.17, 15) is 9.59 Å². The van der Waals surface area contributed by atoms with Crippen molar-refractivity contribution in [2.24, 2.45) is 5.92 Å². The maximum Gasteiger partial charge on any atom is 0.317 e. The molecule has 1 aromatic rings. The highest BCUT2D eigenvalue weighted by Gasteiger charge is 2.42. The maximum atomic E-state index is 13.1. The van der Waals surface area contributed by atoms with E-state index in [2.05, 4.69) is 16.0 Å². The highest BCUT2D eigenvalue weighted by Crippen LogP contribution is 2.39. The number of unbranched alkanes of at least 4 members (excludes halogenated alkanes) is 1. The summed E-state index contributed by atoms with van der Waals surface area (Å²) in [4.78, 5) is 27.6. The Labute approximate surface area is 215 Å². The van der Waals surface area contributed by atoms with Gasteiger partial charge in [0.2, 0.25) is 0 Å². The van der Waals surface area contributed by atoms with E-state index in [1.165, 1.54) is 32.1 Å². The molecule has 1 aliphatic heterocycles. The first-order chi connectivity index (χ1) is 16.9. The van der Waals surface area contributed by atoms with Gasteiger partial charge in [0.15, 0.2) is 0 Å². The van der Waals surface area contributed by atoms with Gasteiger partial charge in [-0.25, -0.2) is 4.79 Å². The molecule has 2 unspecified atom stereocenters. The number of nitrogens with zero attached hydrogens (tertiary/aromatic N) is 1. The molecule has 8 heteroatoms. The molecule has 2 aliphatic rings. The summed E-state index contributed by atoms with van der Waals surface area (Å²) in [5, 5.41) is 10.3. The highest BCUT2D eigenvalue weighted by molar-refractivity contribution is 6.30. The summed E-state index contributed by atoms with van der Waals surface area (Å²) >= 11 is 6.32. The molecule has 1 aliphatic carbocycles. The number of carbonyl (C=O) groups excluding carboxylic acids is 2. The molecule has 3 N–H and O–H groups in total. The molecule has 0 bridgehead atoms. The lowest BCUT2D eigenvalue weighted by Gasteiger charge is -2.33. The Kier molecular flexibility index (Phi) is 10.7. The van der Waals surface area contributed by atoms with Crippen LogP contribution in [0.4, 0.5) is 4.79 Å². The minimum Gasteiger partial charge on any atom is -0.385 e. The van der Waals surface area contributed by atoms with Crippen LogP contribution in [0.15, 0.2) is 18.2 Å². The number of methoxy groups -OCH3 is 1. The van der Waals surface area contributed by atoms with Crippen molar-refractivity contribution in [2.45, 2.75) is 75.8 Å². The van der Waals surface area contributed by atoms with Crippen molar-refractivity contribution < 1.29 is 14.3 Å². The topological polar surface area (TPSA) is 82.7 Å². The smallest absolute Gasteiger partial charge is 0.317 e. The van der Waals surface area contributed by atoms with Gasteiger partial charge < -0.3 is 25.6 Å². The Morgan fingerprint density at radius 3 is 2.74 bits per heavy atom. The second-order valence-electron chi connectivity index (χ2n) is 10.3. The minimum atomic E-state index is -0.536. The number of hydrogen-bond donors (Lipinski definition) is 3. The number of nitrogens with one attached hydrogen (secondary N) is 3. The van der Waals surface area contributed by atoms with Crippen LogP contribution in [0, 0.1) is 5.92 Å². The fourth-order valence-electron chi connectivity index (χ4n) is 5.66. The summed E-state index contributed by atoms with van der Waals surface area (Å²) in [6, 6.07) is 5.51. The third kappa shape index (κ3) is 7.58. The Bertz CT molecular complexity index is 846. The fraction of sp³-hybridized carbons (Fsp3) is 0.704. The average molecular weight is 507 g/mol. The molecule has 0 aromatic heterocycles. The van der Waals surface area contributed by atoms with E-state index in [-0.39, 0.29) is 18.0 Å². The summed E-state index contributed by atoms with van der Waals surface area (Å²) in [5.74, 6) is 0.620. The molecule has 2 atom stereocenters. The zero-order chi connectivity index (χ0) is 25.3. The lowest BCUT2D eigenvalue weighted by atomic mass is 9.82. The van der Waals surface area contributed by atoms with E-state index >= 15 is 0 Å². The quantitative estimate of drug-likeness (QED) is 0.339. The molecule has 1 fully saturated rings. The van der Waals surface area contributed by atoms with Crippen LogP contribution in [0.3, 0.4) is 0 Å². The summed E-state index contributed by atoms with van der Waals surface area (Å²) in [6.45, 7) is 1.97. The van der Waals surface area contributed by atoms with E-state index in [0.717, 1.165) is 37.8 Å². The molecule has 1 heterocycles. The number of amides is 3. The van der Waals surface area contributed by atoms with Crippen molar-refractivity contribution in [3.8, 4) is 0 Å². The Hall–Kier alpha value is -1.83. The number of benzene rings is 1. The first-order valence-corrected chi connectivity index (χ1v) is 13.5. The highest BCUT2D eigenvalue weighted by atomic mass is 35.5. The second kappa shape index (κ2) is 13.5. The van der Waals surface area contributed by atoms with Gasteiger partial charge >= 0.3 is 6.03 Å². The van der Waals surface area contributed by atoms with Gasteiger partial charge in [-0.3, -0.25) is 4.79 Å². The molecule has 1 aromatic carbocycles. The number of ether oxygens (including phenoxy) is 1. The van der Waals surface area contributed by atoms with Crippen LogP contribution in [-0.2, 0) is 10.3 Å². The SMILES string of the molecule is CNCC(CC1CCCCC1)NC(=O)N(C)CCC1(CCCCOC)NC(=O)c2ccc(Cl)cc21. The zero-order valence-corrected chi connectivity index (χ0v) is 22.4. The summed E-state index contributed by atoms with van der Waals surface area (Å²) in [5.41, 5.74) is 1.08. The number of carbonyl (C=O) groups is 2. The molecule has 0 radical (unpaired) electrons. The Morgan fingerprint density at radius 2 is 2.03 bits per heavy atom. The molecule has 0 saturated heterocycles. The zero-order valence-electron chi connectivity index (χ0n) is 21.6. The molecular weight excluding hydrogens is 464 g/mol. The van der Waals surface area contributed by atoms with Crippen LogP contribution < -0.4 is 16.0 Å². The van der Waals surface area contributed by atoms with E-state index in [1.54, 1.807) is 24.1 Å². The maximum absolute atomic E-state index is 13.1. The van der Waals surface area contributed by atoms with E-state index < -0.39 is 5.54 Å². The molecule has 3 rings (SSSR count). The van der Waals surface area contributed by atoms with E-state index in [0.29, 0.717) is 36.1 Å². The third-order valence-electron chi connectivity index (χ3n) is 7.64. The summed E-state index contributed by atoms with van der Waals surface area (Å²) in [6.07, 6.45) is 10.7. The third-order valence-corrected chi connectivity index (χ3v) is 7.87. The van der Waals surface area contributed by atoms with Crippen molar-refractivity contribution in [1.29, 1.82) is 0 Å². The normalized spacial score (nSPS) is 20.9. The van der Waals surface area contributed by atoms with Gasteiger partial charge in [0.25, 0.3) is 5.91 Å².